The summed E-state index contributed by atoms with van der Waals surface area (Å²) in [5.74, 6) is 0. The topological polar surface area (TPSA) is 81.9 Å². The van der Waals surface area contributed by atoms with Crippen LogP contribution >= 0.6 is 0 Å². The van der Waals surface area contributed by atoms with Gasteiger partial charge < -0.3 is 0 Å². The summed E-state index contributed by atoms with van der Waals surface area (Å²) in [6, 6.07) is 13.4. The molecule has 0 spiro atoms. The zero-order chi connectivity index (χ0) is 16.4. The van der Waals surface area contributed by atoms with Crippen molar-refractivity contribution in [3.05, 3.63) is 60.3 Å². The smallest absolute Gasteiger partial charge is 0.175 e. The van der Waals surface area contributed by atoms with E-state index in [-0.39, 0.29) is 4.90 Å². The van der Waals surface area contributed by atoms with Crippen molar-refractivity contribution < 1.29 is 13.2 Å². The molecule has 0 N–H and O–H groups in total. The summed E-state index contributed by atoms with van der Waals surface area (Å²) in [6.45, 7) is 0. The molecule has 2 aromatic carbocycles. The summed E-state index contributed by atoms with van der Waals surface area (Å²) in [5, 5.41) is 8.55. The average Bonchev–Trinajstić information content (AvgIpc) is 3.04. The molecule has 0 unspecified atom stereocenters. The second-order valence-electron chi connectivity index (χ2n) is 5.03. The highest BCUT2D eigenvalue weighted by molar-refractivity contribution is 7.90. The lowest BCUT2D eigenvalue weighted by Crippen LogP contribution is -2.01. The van der Waals surface area contributed by atoms with Crippen molar-refractivity contribution in [3.63, 3.8) is 0 Å². The molecule has 7 heteroatoms. The molecule has 6 nitrogen and oxygen atoms in total. The fourth-order valence-electron chi connectivity index (χ4n) is 2.08. The van der Waals surface area contributed by atoms with Crippen molar-refractivity contribution in [2.45, 2.75) is 4.90 Å². The number of rotatable bonds is 4. The summed E-state index contributed by atoms with van der Waals surface area (Å²) in [6.07, 6.45) is 3.56. The van der Waals surface area contributed by atoms with Gasteiger partial charge >= 0.3 is 0 Å². The van der Waals surface area contributed by atoms with Crippen molar-refractivity contribution in [2.24, 2.45) is 0 Å². The van der Waals surface area contributed by atoms with Crippen molar-refractivity contribution in [3.8, 4) is 16.9 Å². The Bertz CT molecular complexity index is 943. The Balaban J connectivity index is 1.90. The lowest BCUT2D eigenvalue weighted by atomic mass is 10.1. The van der Waals surface area contributed by atoms with E-state index in [1.807, 2.05) is 0 Å². The van der Waals surface area contributed by atoms with E-state index in [2.05, 4.69) is 10.2 Å². The van der Waals surface area contributed by atoms with Crippen LogP contribution in [0, 0.1) is 0 Å². The monoisotopic (exact) mass is 327 g/mol. The maximum absolute atomic E-state index is 11.5. The standard InChI is InChI=1S/C16H13N3O3S/c1-23(21,22)15-8-6-14(7-9-15)19-17-10-16(18-19)13-4-2-12(11-20)3-5-13/h2-11H,1H3. The first kappa shape index (κ1) is 15.1. The molecule has 0 amide bonds. The third-order valence-electron chi connectivity index (χ3n) is 3.33. The molecule has 0 aliphatic heterocycles. The van der Waals surface area contributed by atoms with Crippen LogP contribution in [-0.4, -0.2) is 36.0 Å². The first-order valence-electron chi connectivity index (χ1n) is 6.76. The van der Waals surface area contributed by atoms with Gasteiger partial charge in [0, 0.05) is 17.4 Å². The van der Waals surface area contributed by atoms with Crippen LogP contribution in [0.5, 0.6) is 0 Å². The molecule has 23 heavy (non-hydrogen) atoms. The Hall–Kier alpha value is -2.80. The molecule has 0 atom stereocenters. The van der Waals surface area contributed by atoms with Crippen molar-refractivity contribution in [2.75, 3.05) is 6.26 Å². The van der Waals surface area contributed by atoms with E-state index in [1.165, 1.54) is 16.9 Å². The minimum Gasteiger partial charge on any atom is -0.298 e. The molecule has 116 valence electrons. The second kappa shape index (κ2) is 5.77. The minimum atomic E-state index is -3.22. The van der Waals surface area contributed by atoms with Crippen LogP contribution in [-0.2, 0) is 9.84 Å². The summed E-state index contributed by atoms with van der Waals surface area (Å²) in [7, 11) is -3.22. The molecule has 0 bridgehead atoms. The van der Waals surface area contributed by atoms with E-state index in [4.69, 9.17) is 0 Å². The van der Waals surface area contributed by atoms with Gasteiger partial charge in [0.15, 0.2) is 9.84 Å². The van der Waals surface area contributed by atoms with Gasteiger partial charge in [-0.1, -0.05) is 24.3 Å². The van der Waals surface area contributed by atoms with Crippen LogP contribution in [0.3, 0.4) is 0 Å². The average molecular weight is 327 g/mol. The normalized spacial score (nSPS) is 11.3. The summed E-state index contributed by atoms with van der Waals surface area (Å²) < 4.78 is 22.9. The largest absolute Gasteiger partial charge is 0.298 e. The lowest BCUT2D eigenvalue weighted by Gasteiger charge is -2.01. The zero-order valence-electron chi connectivity index (χ0n) is 12.2. The predicted octanol–water partition coefficient (Wildman–Crippen LogP) is 2.15. The number of aromatic nitrogens is 3. The van der Waals surface area contributed by atoms with Crippen molar-refractivity contribution in [1.29, 1.82) is 0 Å². The third kappa shape index (κ3) is 3.19. The summed E-state index contributed by atoms with van der Waals surface area (Å²) in [5.41, 5.74) is 2.76. The molecule has 1 aromatic heterocycles. The van der Waals surface area contributed by atoms with Gasteiger partial charge in [0.2, 0.25) is 0 Å². The van der Waals surface area contributed by atoms with Crippen LogP contribution in [0.15, 0.2) is 59.6 Å². The van der Waals surface area contributed by atoms with E-state index < -0.39 is 9.84 Å². The Kier molecular flexibility index (Phi) is 3.79. The number of hydrogen-bond donors (Lipinski definition) is 0. The zero-order valence-corrected chi connectivity index (χ0v) is 13.1. The maximum Gasteiger partial charge on any atom is 0.175 e. The SMILES string of the molecule is CS(=O)(=O)c1ccc(-n2ncc(-c3ccc(C=O)cc3)n2)cc1. The summed E-state index contributed by atoms with van der Waals surface area (Å²) in [4.78, 5) is 12.3. The second-order valence-corrected chi connectivity index (χ2v) is 7.04. The van der Waals surface area contributed by atoms with E-state index >= 15 is 0 Å². The number of benzene rings is 2. The highest BCUT2D eigenvalue weighted by Crippen LogP contribution is 2.18. The summed E-state index contributed by atoms with van der Waals surface area (Å²) >= 11 is 0. The van der Waals surface area contributed by atoms with Crippen molar-refractivity contribution in [1.82, 2.24) is 15.0 Å². The van der Waals surface area contributed by atoms with Crippen LogP contribution < -0.4 is 0 Å². The van der Waals surface area contributed by atoms with Crippen LogP contribution in [0.25, 0.3) is 16.9 Å². The van der Waals surface area contributed by atoms with Gasteiger partial charge in [0.25, 0.3) is 0 Å². The number of carbonyl (C=O) groups excluding carboxylic acids is 1. The van der Waals surface area contributed by atoms with E-state index in [0.717, 1.165) is 18.1 Å². The minimum absolute atomic E-state index is 0.248. The first-order chi connectivity index (χ1) is 11.0. The molecule has 3 rings (SSSR count). The quantitative estimate of drug-likeness (QED) is 0.686. The predicted molar refractivity (Wildman–Crippen MR) is 85.3 cm³/mol. The third-order valence-corrected chi connectivity index (χ3v) is 4.46. The molecule has 0 saturated heterocycles. The highest BCUT2D eigenvalue weighted by Gasteiger charge is 2.09. The van der Waals surface area contributed by atoms with Gasteiger partial charge in [0.1, 0.15) is 12.0 Å². The van der Waals surface area contributed by atoms with Gasteiger partial charge in [0.05, 0.1) is 16.8 Å². The molecule has 1 heterocycles. The number of carbonyl (C=O) groups is 1. The molecule has 0 saturated carbocycles. The van der Waals surface area contributed by atoms with Crippen LogP contribution in [0.2, 0.25) is 0 Å². The Morgan fingerprint density at radius 3 is 2.22 bits per heavy atom. The van der Waals surface area contributed by atoms with Gasteiger partial charge in [-0.3, -0.25) is 4.79 Å². The maximum atomic E-state index is 11.5. The fourth-order valence-corrected chi connectivity index (χ4v) is 2.71. The number of aldehydes is 1. The molecular weight excluding hydrogens is 314 g/mol. The van der Waals surface area contributed by atoms with Gasteiger partial charge in [-0.2, -0.15) is 9.90 Å². The molecule has 0 aliphatic rings. The van der Waals surface area contributed by atoms with E-state index in [1.54, 1.807) is 42.6 Å². The number of sulfone groups is 1. The molecule has 0 aliphatic carbocycles. The number of hydrogen-bond acceptors (Lipinski definition) is 5. The van der Waals surface area contributed by atoms with Crippen molar-refractivity contribution >= 4 is 16.1 Å². The van der Waals surface area contributed by atoms with Crippen LogP contribution in [0.4, 0.5) is 0 Å². The highest BCUT2D eigenvalue weighted by atomic mass is 32.2. The molecule has 0 fully saturated rings. The van der Waals surface area contributed by atoms with Crippen LogP contribution in [0.1, 0.15) is 10.4 Å². The van der Waals surface area contributed by atoms with E-state index in [9.17, 15) is 13.2 Å². The fraction of sp³-hybridized carbons (Fsp3) is 0.0625. The van der Waals surface area contributed by atoms with Gasteiger partial charge in [-0.25, -0.2) is 8.42 Å². The Labute approximate surface area is 133 Å². The van der Waals surface area contributed by atoms with E-state index in [0.29, 0.717) is 16.9 Å². The Morgan fingerprint density at radius 1 is 1.00 bits per heavy atom. The molecule has 0 radical (unpaired) electrons. The lowest BCUT2D eigenvalue weighted by molar-refractivity contribution is 0.112. The first-order valence-corrected chi connectivity index (χ1v) is 8.65. The Morgan fingerprint density at radius 2 is 1.65 bits per heavy atom. The van der Waals surface area contributed by atoms with Gasteiger partial charge in [-0.05, 0) is 24.3 Å². The molecular formula is C16H13N3O3S. The van der Waals surface area contributed by atoms with Gasteiger partial charge in [-0.15, -0.1) is 5.10 Å². The number of nitrogens with zero attached hydrogens (tertiary/aromatic N) is 3. The molecule has 3 aromatic rings.